The van der Waals surface area contributed by atoms with E-state index in [2.05, 4.69) is 17.4 Å². The maximum absolute atomic E-state index is 13.0. The van der Waals surface area contributed by atoms with Crippen molar-refractivity contribution in [2.75, 3.05) is 13.2 Å². The number of esters is 1. The lowest BCUT2D eigenvalue weighted by Gasteiger charge is -2.09. The summed E-state index contributed by atoms with van der Waals surface area (Å²) in [7, 11) is -3.66. The average molecular weight is 424 g/mol. The number of hydrogen-bond acceptors (Lipinski definition) is 5. The van der Waals surface area contributed by atoms with E-state index in [9.17, 15) is 13.2 Å². The lowest BCUT2D eigenvalue weighted by molar-refractivity contribution is 0.0526. The topological polar surface area (TPSA) is 72.5 Å². The van der Waals surface area contributed by atoms with Gasteiger partial charge in [0.05, 0.1) is 22.0 Å². The van der Waals surface area contributed by atoms with Gasteiger partial charge in [-0.1, -0.05) is 42.5 Å². The van der Waals surface area contributed by atoms with E-state index in [1.165, 1.54) is 29.8 Å². The van der Waals surface area contributed by atoms with Gasteiger partial charge in [-0.25, -0.2) is 13.2 Å². The highest BCUT2D eigenvalue weighted by Gasteiger charge is 2.18. The van der Waals surface area contributed by atoms with Crippen molar-refractivity contribution in [3.05, 3.63) is 95.6 Å². The summed E-state index contributed by atoms with van der Waals surface area (Å²) in [5.74, 6) is -0.466. The zero-order valence-corrected chi connectivity index (χ0v) is 17.7. The molecule has 0 fully saturated rings. The number of nitrogens with one attached hydrogen (secondary N) is 1. The number of ether oxygens (including phenoxy) is 1. The fraction of sp³-hybridized carbons (Fsp3) is 0.208. The quantitative estimate of drug-likeness (QED) is 0.416. The first-order chi connectivity index (χ1) is 14.5. The van der Waals surface area contributed by atoms with Crippen molar-refractivity contribution in [2.45, 2.75) is 29.7 Å². The van der Waals surface area contributed by atoms with Crippen LogP contribution in [0.2, 0.25) is 0 Å². The summed E-state index contributed by atoms with van der Waals surface area (Å²) in [4.78, 5) is 12.1. The predicted octanol–water partition coefficient (Wildman–Crippen LogP) is 4.03. The maximum Gasteiger partial charge on any atom is 0.338 e. The van der Waals surface area contributed by atoms with E-state index in [0.717, 1.165) is 25.1 Å². The van der Waals surface area contributed by atoms with Gasteiger partial charge in [0.15, 0.2) is 0 Å². The Morgan fingerprint density at radius 1 is 0.867 bits per heavy atom. The SMILES string of the molecule is CCOC(=O)c1ccc(S(=O)(=O)c2cccc(CCNCc3ccccc3)c2)cc1. The molecular formula is C24H25NO4S. The third-order valence-electron chi connectivity index (χ3n) is 4.65. The monoisotopic (exact) mass is 423 g/mol. The van der Waals surface area contributed by atoms with Crippen LogP contribution < -0.4 is 5.32 Å². The third kappa shape index (κ3) is 5.55. The standard InChI is InChI=1S/C24H25NO4S/c1-2-29-24(26)21-11-13-22(14-12-21)30(27,28)23-10-6-9-19(17-23)15-16-25-18-20-7-4-3-5-8-20/h3-14,17,25H,2,15-16,18H2,1H3. The zero-order chi connectivity index (χ0) is 21.4. The van der Waals surface area contributed by atoms with Crippen molar-refractivity contribution in [1.82, 2.24) is 5.32 Å². The fourth-order valence-electron chi connectivity index (χ4n) is 3.05. The van der Waals surface area contributed by atoms with Gasteiger partial charge in [0.25, 0.3) is 0 Å². The molecule has 30 heavy (non-hydrogen) atoms. The molecule has 0 amide bonds. The largest absolute Gasteiger partial charge is 0.462 e. The lowest BCUT2D eigenvalue weighted by atomic mass is 10.1. The van der Waals surface area contributed by atoms with Crippen molar-refractivity contribution in [3.8, 4) is 0 Å². The first kappa shape index (κ1) is 21.7. The molecule has 0 heterocycles. The smallest absolute Gasteiger partial charge is 0.338 e. The Morgan fingerprint density at radius 3 is 2.27 bits per heavy atom. The van der Waals surface area contributed by atoms with Gasteiger partial charge in [-0.2, -0.15) is 0 Å². The third-order valence-corrected chi connectivity index (χ3v) is 6.41. The molecule has 1 N–H and O–H groups in total. The Kier molecular flexibility index (Phi) is 7.38. The first-order valence-corrected chi connectivity index (χ1v) is 11.3. The number of carbonyl (C=O) groups excluding carboxylic acids is 1. The van der Waals surface area contributed by atoms with Crippen LogP contribution in [-0.4, -0.2) is 27.5 Å². The summed E-state index contributed by atoms with van der Waals surface area (Å²) >= 11 is 0. The molecule has 0 saturated carbocycles. The molecule has 5 nitrogen and oxygen atoms in total. The van der Waals surface area contributed by atoms with Crippen LogP contribution >= 0.6 is 0 Å². The van der Waals surface area contributed by atoms with Crippen LogP contribution in [0, 0.1) is 0 Å². The van der Waals surface area contributed by atoms with E-state index in [0.29, 0.717) is 5.56 Å². The molecule has 0 aliphatic carbocycles. The molecule has 0 aliphatic rings. The van der Waals surface area contributed by atoms with Crippen LogP contribution in [-0.2, 0) is 27.5 Å². The molecule has 156 valence electrons. The van der Waals surface area contributed by atoms with E-state index >= 15 is 0 Å². The van der Waals surface area contributed by atoms with Gasteiger partial charge in [-0.3, -0.25) is 0 Å². The fourth-order valence-corrected chi connectivity index (χ4v) is 4.38. The van der Waals surface area contributed by atoms with E-state index < -0.39 is 15.8 Å². The molecule has 0 unspecified atom stereocenters. The Hall–Kier alpha value is -2.96. The van der Waals surface area contributed by atoms with E-state index in [-0.39, 0.29) is 16.4 Å². The van der Waals surface area contributed by atoms with Crippen molar-refractivity contribution < 1.29 is 17.9 Å². The van der Waals surface area contributed by atoms with E-state index in [4.69, 9.17) is 4.74 Å². The molecule has 3 rings (SSSR count). The Balaban J connectivity index is 1.65. The summed E-state index contributed by atoms with van der Waals surface area (Å²) in [6.07, 6.45) is 0.720. The molecule has 3 aromatic carbocycles. The highest BCUT2D eigenvalue weighted by molar-refractivity contribution is 7.91. The molecule has 6 heteroatoms. The minimum absolute atomic E-state index is 0.148. The second kappa shape index (κ2) is 10.2. The second-order valence-electron chi connectivity index (χ2n) is 6.81. The summed E-state index contributed by atoms with van der Waals surface area (Å²) in [6.45, 7) is 3.51. The Morgan fingerprint density at radius 2 is 1.57 bits per heavy atom. The van der Waals surface area contributed by atoms with Gasteiger partial charge >= 0.3 is 5.97 Å². The summed E-state index contributed by atoms with van der Waals surface area (Å²) in [6, 6.07) is 22.9. The zero-order valence-electron chi connectivity index (χ0n) is 16.9. The predicted molar refractivity (Wildman–Crippen MR) is 116 cm³/mol. The highest BCUT2D eigenvalue weighted by Crippen LogP contribution is 2.22. The van der Waals surface area contributed by atoms with Crippen LogP contribution in [0.4, 0.5) is 0 Å². The summed E-state index contributed by atoms with van der Waals surface area (Å²) < 4.78 is 30.9. The molecule has 0 aromatic heterocycles. The molecule has 0 spiro atoms. The van der Waals surface area contributed by atoms with Crippen molar-refractivity contribution in [3.63, 3.8) is 0 Å². The summed E-state index contributed by atoms with van der Waals surface area (Å²) in [5.41, 5.74) is 2.48. The molecule has 0 bridgehead atoms. The van der Waals surface area contributed by atoms with E-state index in [1.54, 1.807) is 25.1 Å². The first-order valence-electron chi connectivity index (χ1n) is 9.86. The van der Waals surface area contributed by atoms with Crippen LogP contribution in [0.1, 0.15) is 28.4 Å². The normalized spacial score (nSPS) is 11.2. The number of sulfone groups is 1. The average Bonchev–Trinajstić information content (AvgIpc) is 2.78. The Labute approximate surface area is 177 Å². The number of hydrogen-bond donors (Lipinski definition) is 1. The number of carbonyl (C=O) groups is 1. The molecular weight excluding hydrogens is 398 g/mol. The van der Waals surface area contributed by atoms with Crippen LogP contribution in [0.3, 0.4) is 0 Å². The lowest BCUT2D eigenvalue weighted by Crippen LogP contribution is -2.16. The number of benzene rings is 3. The van der Waals surface area contributed by atoms with Gasteiger partial charge < -0.3 is 10.1 Å². The minimum Gasteiger partial charge on any atom is -0.462 e. The van der Waals surface area contributed by atoms with Gasteiger partial charge in [0.1, 0.15) is 0 Å². The molecule has 0 saturated heterocycles. The van der Waals surface area contributed by atoms with E-state index in [1.807, 2.05) is 24.3 Å². The molecule has 3 aromatic rings. The molecule has 0 aliphatic heterocycles. The van der Waals surface area contributed by atoms with Crippen LogP contribution in [0.15, 0.2) is 88.7 Å². The molecule has 0 atom stereocenters. The Bertz CT molecular complexity index is 1080. The van der Waals surface area contributed by atoms with Crippen molar-refractivity contribution >= 4 is 15.8 Å². The molecule has 0 radical (unpaired) electrons. The second-order valence-corrected chi connectivity index (χ2v) is 8.76. The number of rotatable bonds is 9. The van der Waals surface area contributed by atoms with Gasteiger partial charge in [0.2, 0.25) is 9.84 Å². The van der Waals surface area contributed by atoms with Gasteiger partial charge in [0, 0.05) is 6.54 Å². The van der Waals surface area contributed by atoms with Gasteiger partial charge in [-0.15, -0.1) is 0 Å². The minimum atomic E-state index is -3.66. The van der Waals surface area contributed by atoms with Gasteiger partial charge in [-0.05, 0) is 67.4 Å². The maximum atomic E-state index is 13.0. The van der Waals surface area contributed by atoms with Crippen molar-refractivity contribution in [1.29, 1.82) is 0 Å². The van der Waals surface area contributed by atoms with Crippen molar-refractivity contribution in [2.24, 2.45) is 0 Å². The van der Waals surface area contributed by atoms with Crippen LogP contribution in [0.25, 0.3) is 0 Å². The van der Waals surface area contributed by atoms with Crippen LogP contribution in [0.5, 0.6) is 0 Å². The summed E-state index contributed by atoms with van der Waals surface area (Å²) in [5, 5.41) is 3.37. The highest BCUT2D eigenvalue weighted by atomic mass is 32.2.